The molecule has 0 unspecified atom stereocenters. The highest BCUT2D eigenvalue weighted by Gasteiger charge is 2.29. The molecule has 48 heavy (non-hydrogen) atoms. The van der Waals surface area contributed by atoms with Crippen molar-refractivity contribution in [1.29, 1.82) is 0 Å². The Morgan fingerprint density at radius 3 is 1.19 bits per heavy atom. The fourth-order valence-corrected chi connectivity index (χ4v) is 7.39. The molecule has 0 saturated carbocycles. The smallest absolute Gasteiger partial charge is 0.210 e. The van der Waals surface area contributed by atoms with Gasteiger partial charge < -0.3 is 5.53 Å². The third kappa shape index (κ3) is 13.8. The fraction of sp³-hybridized carbons (Fsp3) is 0.652. The Morgan fingerprint density at radius 1 is 0.396 bits per heavy atom. The van der Waals surface area contributed by atoms with Crippen LogP contribution in [0, 0.1) is 0 Å². The average Bonchev–Trinajstić information content (AvgIpc) is 3.42. The highest BCUT2D eigenvalue weighted by Crippen LogP contribution is 2.39. The monoisotopic (exact) mass is 653 g/mol. The molecule has 2 aromatic rings. The van der Waals surface area contributed by atoms with E-state index in [-0.39, 0.29) is 0 Å². The summed E-state index contributed by atoms with van der Waals surface area (Å²) in [7, 11) is 0. The maximum absolute atomic E-state index is 12.1. The van der Waals surface area contributed by atoms with Crippen molar-refractivity contribution in [3.63, 3.8) is 0 Å². The fourth-order valence-electron chi connectivity index (χ4n) is 7.39. The highest BCUT2D eigenvalue weighted by atomic mass is 15.2. The van der Waals surface area contributed by atoms with Gasteiger partial charge in [-0.2, -0.15) is 0 Å². The van der Waals surface area contributed by atoms with Crippen LogP contribution in [0.1, 0.15) is 203 Å². The largest absolute Gasteiger partial charge is 0.493 e. The molecule has 1 heterocycles. The summed E-state index contributed by atoms with van der Waals surface area (Å²) in [5, 5.41) is 0. The van der Waals surface area contributed by atoms with Crippen molar-refractivity contribution < 1.29 is 4.70 Å². The SMILES string of the molecule is CCCCCCCCc1cc(CCCCCCCC)cc(C2=CC(CCCC)=C(c3cc(CCCCC)cc(CCCCC)c3)[N+]2=[N-])c1. The molecular formula is C46H72N2. The second-order valence-corrected chi connectivity index (χ2v) is 14.8. The molecule has 2 aromatic carbocycles. The third-order valence-electron chi connectivity index (χ3n) is 10.3. The van der Waals surface area contributed by atoms with Crippen LogP contribution in [0.3, 0.4) is 0 Å². The van der Waals surface area contributed by atoms with Crippen LogP contribution in [0.2, 0.25) is 0 Å². The lowest BCUT2D eigenvalue weighted by atomic mass is 9.95. The molecular weight excluding hydrogens is 581 g/mol. The Morgan fingerprint density at radius 2 is 0.750 bits per heavy atom. The van der Waals surface area contributed by atoms with Gasteiger partial charge in [-0.25, -0.2) is 4.70 Å². The number of allylic oxidation sites excluding steroid dienone is 2. The quantitative estimate of drug-likeness (QED) is 0.0678. The Hall–Kier alpha value is -2.48. The average molecular weight is 653 g/mol. The van der Waals surface area contributed by atoms with Crippen molar-refractivity contribution in [2.24, 2.45) is 0 Å². The van der Waals surface area contributed by atoms with Gasteiger partial charge in [0.1, 0.15) is 0 Å². The van der Waals surface area contributed by atoms with Gasteiger partial charge in [0, 0.05) is 22.8 Å². The zero-order valence-corrected chi connectivity index (χ0v) is 32.1. The molecule has 266 valence electrons. The first kappa shape index (κ1) is 40.0. The maximum Gasteiger partial charge on any atom is 0.210 e. The Kier molecular flexibility index (Phi) is 19.8. The number of unbranched alkanes of at least 4 members (excludes halogenated alkanes) is 15. The lowest BCUT2D eigenvalue weighted by Gasteiger charge is -2.15. The van der Waals surface area contributed by atoms with E-state index in [1.54, 1.807) is 4.70 Å². The summed E-state index contributed by atoms with van der Waals surface area (Å²) in [6.07, 6.45) is 33.5. The molecule has 0 radical (unpaired) electrons. The van der Waals surface area contributed by atoms with Gasteiger partial charge in [-0.15, -0.1) is 0 Å². The molecule has 1 aliphatic heterocycles. The molecule has 0 fully saturated rings. The van der Waals surface area contributed by atoms with Gasteiger partial charge in [-0.1, -0.05) is 143 Å². The van der Waals surface area contributed by atoms with Crippen molar-refractivity contribution in [1.82, 2.24) is 0 Å². The van der Waals surface area contributed by atoms with Gasteiger partial charge in [0.05, 0.1) is 0 Å². The lowest BCUT2D eigenvalue weighted by molar-refractivity contribution is -0.344. The van der Waals surface area contributed by atoms with E-state index in [2.05, 4.69) is 77.1 Å². The van der Waals surface area contributed by atoms with Crippen molar-refractivity contribution in [3.8, 4) is 0 Å². The number of benzene rings is 2. The molecule has 2 heteroatoms. The van der Waals surface area contributed by atoms with Crippen LogP contribution in [0.25, 0.3) is 16.9 Å². The van der Waals surface area contributed by atoms with E-state index < -0.39 is 0 Å². The summed E-state index contributed by atoms with van der Waals surface area (Å²) < 4.78 is 1.57. The first-order chi connectivity index (χ1) is 23.5. The summed E-state index contributed by atoms with van der Waals surface area (Å²) in [6.45, 7) is 11.4. The standard InChI is InChI=1S/C46H72N2/c1-6-11-16-18-20-24-28-38-31-39(29-25-21-19-17-12-7-2)34-43(33-38)45-37-42(30-15-10-5)46(48(45)47)44-35-40(26-22-13-8-3)32-41(36-44)27-23-14-9-4/h31-37H,6-30H2,1-5H3. The molecule has 0 aromatic heterocycles. The van der Waals surface area contributed by atoms with Gasteiger partial charge in [-0.05, 0) is 111 Å². The van der Waals surface area contributed by atoms with E-state index in [1.165, 1.54) is 155 Å². The highest BCUT2D eigenvalue weighted by molar-refractivity contribution is 5.79. The van der Waals surface area contributed by atoms with Gasteiger partial charge in [0.2, 0.25) is 11.4 Å². The third-order valence-corrected chi connectivity index (χ3v) is 10.3. The van der Waals surface area contributed by atoms with Crippen molar-refractivity contribution in [3.05, 3.63) is 87.0 Å². The molecule has 3 rings (SSSR count). The van der Waals surface area contributed by atoms with Crippen molar-refractivity contribution in [2.75, 3.05) is 0 Å². The van der Waals surface area contributed by atoms with Crippen LogP contribution in [0.5, 0.6) is 0 Å². The van der Waals surface area contributed by atoms with Crippen molar-refractivity contribution in [2.45, 2.75) is 195 Å². The van der Waals surface area contributed by atoms with Crippen molar-refractivity contribution >= 4 is 11.4 Å². The summed E-state index contributed by atoms with van der Waals surface area (Å²) >= 11 is 0. The first-order valence-corrected chi connectivity index (χ1v) is 20.7. The normalized spacial score (nSPS) is 13.2. The number of hydrogen-bond donors (Lipinski definition) is 0. The second kappa shape index (κ2) is 23.8. The summed E-state index contributed by atoms with van der Waals surface area (Å²) in [4.78, 5) is 0. The number of hydrogen-bond acceptors (Lipinski definition) is 0. The minimum Gasteiger partial charge on any atom is -0.493 e. The van der Waals surface area contributed by atoms with E-state index in [4.69, 9.17) is 0 Å². The predicted octanol–water partition coefficient (Wildman–Crippen LogP) is 14.9. The number of rotatable bonds is 27. The second-order valence-electron chi connectivity index (χ2n) is 14.8. The molecule has 0 spiro atoms. The lowest BCUT2D eigenvalue weighted by Crippen LogP contribution is -2.05. The van der Waals surface area contributed by atoms with E-state index in [9.17, 15) is 5.53 Å². The van der Waals surface area contributed by atoms with Crippen LogP contribution in [0.4, 0.5) is 0 Å². The van der Waals surface area contributed by atoms with E-state index in [1.807, 2.05) is 0 Å². The van der Waals surface area contributed by atoms with E-state index in [0.717, 1.165) is 56.3 Å². The minimum atomic E-state index is 0.967. The summed E-state index contributed by atoms with van der Waals surface area (Å²) in [6, 6.07) is 14.5. The zero-order chi connectivity index (χ0) is 34.4. The minimum absolute atomic E-state index is 0.967. The molecule has 2 nitrogen and oxygen atoms in total. The first-order valence-electron chi connectivity index (χ1n) is 20.7. The van der Waals surface area contributed by atoms with E-state index in [0.29, 0.717) is 0 Å². The molecule has 0 amide bonds. The molecule has 0 N–H and O–H groups in total. The summed E-state index contributed by atoms with van der Waals surface area (Å²) in [5.41, 5.74) is 23.5. The predicted molar refractivity (Wildman–Crippen MR) is 212 cm³/mol. The van der Waals surface area contributed by atoms with Gasteiger partial charge in [0.15, 0.2) is 0 Å². The maximum atomic E-state index is 12.1. The van der Waals surface area contributed by atoms with Crippen LogP contribution < -0.4 is 0 Å². The molecule has 1 aliphatic rings. The van der Waals surface area contributed by atoms with E-state index >= 15 is 0 Å². The van der Waals surface area contributed by atoms with Crippen LogP contribution >= 0.6 is 0 Å². The van der Waals surface area contributed by atoms with Crippen LogP contribution in [0.15, 0.2) is 48.0 Å². The Labute approximate surface area is 297 Å². The van der Waals surface area contributed by atoms with Gasteiger partial charge in [-0.3, -0.25) is 0 Å². The molecule has 0 atom stereocenters. The molecule has 0 aliphatic carbocycles. The topological polar surface area (TPSA) is 25.3 Å². The zero-order valence-electron chi connectivity index (χ0n) is 32.1. The molecule has 0 saturated heterocycles. The Balaban J connectivity index is 1.92. The van der Waals surface area contributed by atoms with Gasteiger partial charge >= 0.3 is 0 Å². The number of aryl methyl sites for hydroxylation is 4. The summed E-state index contributed by atoms with van der Waals surface area (Å²) in [5.74, 6) is 0. The van der Waals surface area contributed by atoms with Gasteiger partial charge in [0.25, 0.3) is 0 Å². The Bertz CT molecular complexity index is 1220. The van der Waals surface area contributed by atoms with Crippen LogP contribution in [-0.4, -0.2) is 4.70 Å². The van der Waals surface area contributed by atoms with Crippen LogP contribution in [-0.2, 0) is 25.7 Å². The number of nitrogens with zero attached hydrogens (tertiary/aromatic N) is 2. The molecule has 0 bridgehead atoms.